The summed E-state index contributed by atoms with van der Waals surface area (Å²) in [6.07, 6.45) is 2.30. The highest BCUT2D eigenvalue weighted by Crippen LogP contribution is 2.23. The van der Waals surface area contributed by atoms with E-state index in [9.17, 15) is 4.79 Å². The third-order valence-electron chi connectivity index (χ3n) is 3.65. The van der Waals surface area contributed by atoms with Gasteiger partial charge < -0.3 is 10.2 Å². The Morgan fingerprint density at radius 3 is 2.64 bits per heavy atom. The topological polar surface area (TPSA) is 50.2 Å². The van der Waals surface area contributed by atoms with Crippen molar-refractivity contribution in [2.45, 2.75) is 33.2 Å². The zero-order valence-corrected chi connectivity index (χ0v) is 13.9. The fraction of sp³-hybridized carbons (Fsp3) is 0.412. The molecule has 1 aromatic heterocycles. The minimum Gasteiger partial charge on any atom is -0.377 e. The molecule has 0 radical (unpaired) electrons. The van der Waals surface area contributed by atoms with Gasteiger partial charge in [0.25, 0.3) is 0 Å². The summed E-state index contributed by atoms with van der Waals surface area (Å²) in [4.78, 5) is 14.2. The fourth-order valence-electron chi connectivity index (χ4n) is 2.42. The smallest absolute Gasteiger partial charge is 0.226 e. The first kappa shape index (κ1) is 16.1. The van der Waals surface area contributed by atoms with Crippen molar-refractivity contribution in [3.05, 3.63) is 41.7 Å². The summed E-state index contributed by atoms with van der Waals surface area (Å²) in [7, 11) is 3.99. The van der Waals surface area contributed by atoms with Gasteiger partial charge in [0.05, 0.1) is 11.7 Å². The van der Waals surface area contributed by atoms with E-state index in [-0.39, 0.29) is 11.9 Å². The number of hydrogen-bond acceptors (Lipinski definition) is 3. The molecule has 2 aromatic rings. The highest BCUT2D eigenvalue weighted by atomic mass is 16.1. The van der Waals surface area contributed by atoms with E-state index in [2.05, 4.69) is 17.3 Å². The van der Waals surface area contributed by atoms with Gasteiger partial charge in [0, 0.05) is 38.1 Å². The Balaban J connectivity index is 2.01. The number of aromatic nitrogens is 2. The SMILES string of the molecule is Cc1ccn([C@H](C)CC(=O)Nc2ccc(C)c(N(C)C)c2)n1. The van der Waals surface area contributed by atoms with Crippen LogP contribution in [0, 0.1) is 13.8 Å². The van der Waals surface area contributed by atoms with E-state index in [1.807, 2.05) is 68.0 Å². The maximum absolute atomic E-state index is 12.2. The Kier molecular flexibility index (Phi) is 4.85. The lowest BCUT2D eigenvalue weighted by atomic mass is 10.1. The number of nitrogens with one attached hydrogen (secondary N) is 1. The van der Waals surface area contributed by atoms with E-state index in [4.69, 9.17) is 0 Å². The van der Waals surface area contributed by atoms with E-state index in [0.29, 0.717) is 6.42 Å². The number of amides is 1. The molecule has 1 atom stereocenters. The molecule has 0 spiro atoms. The molecule has 5 heteroatoms. The van der Waals surface area contributed by atoms with Gasteiger partial charge in [0.15, 0.2) is 0 Å². The van der Waals surface area contributed by atoms with Crippen LogP contribution in [0.15, 0.2) is 30.5 Å². The standard InChI is InChI=1S/C17H24N4O/c1-12-6-7-15(11-16(12)20(4)5)18-17(22)10-14(3)21-9-8-13(2)19-21/h6-9,11,14H,10H2,1-5H3,(H,18,22)/t14-/m1/s1. The summed E-state index contributed by atoms with van der Waals surface area (Å²) in [6.45, 7) is 5.99. The lowest BCUT2D eigenvalue weighted by molar-refractivity contribution is -0.116. The average Bonchev–Trinajstić information content (AvgIpc) is 2.87. The van der Waals surface area contributed by atoms with Crippen molar-refractivity contribution in [2.24, 2.45) is 0 Å². The molecule has 0 fully saturated rings. The predicted molar refractivity (Wildman–Crippen MR) is 90.4 cm³/mol. The number of nitrogens with zero attached hydrogens (tertiary/aromatic N) is 3. The molecule has 118 valence electrons. The maximum Gasteiger partial charge on any atom is 0.226 e. The number of carbonyl (C=O) groups is 1. The Labute approximate surface area is 131 Å². The highest BCUT2D eigenvalue weighted by Gasteiger charge is 2.12. The van der Waals surface area contributed by atoms with Gasteiger partial charge in [-0.2, -0.15) is 5.10 Å². The summed E-state index contributed by atoms with van der Waals surface area (Å²) in [5.74, 6) is -0.00536. The second-order valence-corrected chi connectivity index (χ2v) is 5.93. The maximum atomic E-state index is 12.2. The first-order valence-corrected chi connectivity index (χ1v) is 7.46. The van der Waals surface area contributed by atoms with Gasteiger partial charge in [0.2, 0.25) is 5.91 Å². The number of hydrogen-bond donors (Lipinski definition) is 1. The van der Waals surface area contributed by atoms with Crippen LogP contribution in [0.3, 0.4) is 0 Å². The van der Waals surface area contributed by atoms with Crippen molar-refractivity contribution in [3.8, 4) is 0 Å². The Morgan fingerprint density at radius 1 is 1.32 bits per heavy atom. The zero-order valence-electron chi connectivity index (χ0n) is 13.9. The van der Waals surface area contributed by atoms with Crippen molar-refractivity contribution in [3.63, 3.8) is 0 Å². The molecule has 0 unspecified atom stereocenters. The molecular weight excluding hydrogens is 276 g/mol. The first-order valence-electron chi connectivity index (χ1n) is 7.46. The van der Waals surface area contributed by atoms with Gasteiger partial charge in [-0.15, -0.1) is 0 Å². The van der Waals surface area contributed by atoms with Gasteiger partial charge in [-0.1, -0.05) is 6.07 Å². The molecule has 2 rings (SSSR count). The predicted octanol–water partition coefficient (Wildman–Crippen LogP) is 3.16. The molecule has 0 saturated heterocycles. The molecule has 0 aliphatic rings. The third-order valence-corrected chi connectivity index (χ3v) is 3.65. The van der Waals surface area contributed by atoms with Crippen LogP contribution < -0.4 is 10.2 Å². The van der Waals surface area contributed by atoms with Gasteiger partial charge in [0.1, 0.15) is 0 Å². The average molecular weight is 300 g/mol. The molecule has 0 aliphatic carbocycles. The highest BCUT2D eigenvalue weighted by molar-refractivity contribution is 5.91. The Hall–Kier alpha value is -2.30. The second-order valence-electron chi connectivity index (χ2n) is 5.93. The molecule has 0 saturated carbocycles. The summed E-state index contributed by atoms with van der Waals surface area (Å²) in [6, 6.07) is 7.93. The van der Waals surface area contributed by atoms with E-state index in [1.54, 1.807) is 0 Å². The second kappa shape index (κ2) is 6.64. The van der Waals surface area contributed by atoms with Crippen molar-refractivity contribution >= 4 is 17.3 Å². The largest absolute Gasteiger partial charge is 0.377 e. The molecule has 5 nitrogen and oxygen atoms in total. The Bertz CT molecular complexity index is 660. The Morgan fingerprint density at radius 2 is 2.05 bits per heavy atom. The molecule has 22 heavy (non-hydrogen) atoms. The molecule has 1 amide bonds. The van der Waals surface area contributed by atoms with Crippen LogP contribution in [0.25, 0.3) is 0 Å². The van der Waals surface area contributed by atoms with Gasteiger partial charge >= 0.3 is 0 Å². The van der Waals surface area contributed by atoms with Crippen LogP contribution >= 0.6 is 0 Å². The van der Waals surface area contributed by atoms with Crippen LogP contribution in [0.4, 0.5) is 11.4 Å². The molecule has 1 heterocycles. The quantitative estimate of drug-likeness (QED) is 0.923. The monoisotopic (exact) mass is 300 g/mol. The fourth-order valence-corrected chi connectivity index (χ4v) is 2.42. The van der Waals surface area contributed by atoms with Crippen LogP contribution in [0.1, 0.15) is 30.6 Å². The molecule has 1 N–H and O–H groups in total. The van der Waals surface area contributed by atoms with E-state index in [0.717, 1.165) is 17.1 Å². The molecule has 1 aromatic carbocycles. The van der Waals surface area contributed by atoms with Crippen molar-refractivity contribution in [2.75, 3.05) is 24.3 Å². The van der Waals surface area contributed by atoms with Crippen LogP contribution in [0.5, 0.6) is 0 Å². The van der Waals surface area contributed by atoms with E-state index < -0.39 is 0 Å². The molecule has 0 bridgehead atoms. The number of carbonyl (C=O) groups excluding carboxylic acids is 1. The van der Waals surface area contributed by atoms with Crippen LogP contribution in [-0.2, 0) is 4.79 Å². The minimum atomic E-state index is -0.00536. The van der Waals surface area contributed by atoms with Crippen molar-refractivity contribution in [1.29, 1.82) is 0 Å². The van der Waals surface area contributed by atoms with Crippen molar-refractivity contribution in [1.82, 2.24) is 9.78 Å². The first-order chi connectivity index (χ1) is 10.4. The third kappa shape index (κ3) is 3.87. The number of anilines is 2. The molecule has 0 aliphatic heterocycles. The van der Waals surface area contributed by atoms with Crippen LogP contribution in [0.2, 0.25) is 0 Å². The van der Waals surface area contributed by atoms with E-state index in [1.165, 1.54) is 5.56 Å². The summed E-state index contributed by atoms with van der Waals surface area (Å²) in [5, 5.41) is 7.31. The summed E-state index contributed by atoms with van der Waals surface area (Å²) in [5.41, 5.74) is 4.07. The van der Waals surface area contributed by atoms with Gasteiger partial charge in [-0.05, 0) is 44.5 Å². The minimum absolute atomic E-state index is 0.00536. The lowest BCUT2D eigenvalue weighted by Crippen LogP contribution is -2.18. The van der Waals surface area contributed by atoms with Crippen molar-refractivity contribution < 1.29 is 4.79 Å². The normalized spacial score (nSPS) is 12.0. The van der Waals surface area contributed by atoms with Gasteiger partial charge in [-0.3, -0.25) is 9.48 Å². The van der Waals surface area contributed by atoms with Crippen LogP contribution in [-0.4, -0.2) is 29.8 Å². The lowest BCUT2D eigenvalue weighted by Gasteiger charge is -2.18. The summed E-state index contributed by atoms with van der Waals surface area (Å²) < 4.78 is 1.83. The number of benzene rings is 1. The molecular formula is C17H24N4O. The number of rotatable bonds is 5. The zero-order chi connectivity index (χ0) is 16.3. The van der Waals surface area contributed by atoms with Gasteiger partial charge in [-0.25, -0.2) is 0 Å². The number of aryl methyl sites for hydroxylation is 2. The van der Waals surface area contributed by atoms with E-state index >= 15 is 0 Å². The summed E-state index contributed by atoms with van der Waals surface area (Å²) >= 11 is 0.